The van der Waals surface area contributed by atoms with Crippen LogP contribution in [0, 0.1) is 11.8 Å². The van der Waals surface area contributed by atoms with Crippen LogP contribution in [-0.2, 0) is 9.84 Å². The fourth-order valence-corrected chi connectivity index (χ4v) is 3.51. The van der Waals surface area contributed by atoms with E-state index in [2.05, 4.69) is 13.8 Å². The van der Waals surface area contributed by atoms with Gasteiger partial charge < -0.3 is 0 Å². The Balaban J connectivity index is 2.60. The minimum atomic E-state index is -2.71. The zero-order valence-corrected chi connectivity index (χ0v) is 8.73. The van der Waals surface area contributed by atoms with Crippen molar-refractivity contribution in [1.29, 1.82) is 0 Å². The third kappa shape index (κ3) is 3.13. The Morgan fingerprint density at radius 2 is 1.42 bits per heavy atom. The van der Waals surface area contributed by atoms with E-state index in [0.29, 0.717) is 23.3 Å². The van der Waals surface area contributed by atoms with Gasteiger partial charge in [0.1, 0.15) is 9.84 Å². The van der Waals surface area contributed by atoms with Gasteiger partial charge in [-0.05, 0) is 31.1 Å². The summed E-state index contributed by atoms with van der Waals surface area (Å²) in [7, 11) is -2.71. The number of sulfone groups is 1. The number of hydrogen-bond acceptors (Lipinski definition) is 2. The third-order valence-electron chi connectivity index (χ3n) is 2.65. The van der Waals surface area contributed by atoms with E-state index in [4.69, 9.17) is 0 Å². The number of rotatable bonds is 0. The van der Waals surface area contributed by atoms with Gasteiger partial charge in [0.2, 0.25) is 0 Å². The lowest BCUT2D eigenvalue weighted by molar-refractivity contribution is 0.388. The standard InChI is InChI=1S/C9H18O2S/c1-8-3-5-12(10,11)6-4-9(2)7-8/h8-9H,3-7H2,1-2H3. The van der Waals surface area contributed by atoms with Crippen molar-refractivity contribution in [2.75, 3.05) is 11.5 Å². The van der Waals surface area contributed by atoms with Crippen LogP contribution in [0.5, 0.6) is 0 Å². The molecular weight excluding hydrogens is 172 g/mol. The Labute approximate surface area is 75.3 Å². The molecule has 0 aliphatic carbocycles. The molecule has 3 heteroatoms. The average molecular weight is 190 g/mol. The van der Waals surface area contributed by atoms with Crippen molar-refractivity contribution < 1.29 is 8.42 Å². The van der Waals surface area contributed by atoms with Crippen LogP contribution in [0.25, 0.3) is 0 Å². The molecule has 0 spiro atoms. The topological polar surface area (TPSA) is 34.1 Å². The summed E-state index contributed by atoms with van der Waals surface area (Å²) >= 11 is 0. The van der Waals surface area contributed by atoms with Gasteiger partial charge in [-0.25, -0.2) is 8.42 Å². The molecule has 0 amide bonds. The summed E-state index contributed by atoms with van der Waals surface area (Å²) in [5.41, 5.74) is 0. The van der Waals surface area contributed by atoms with Gasteiger partial charge in [0.05, 0.1) is 11.5 Å². The number of hydrogen-bond donors (Lipinski definition) is 0. The smallest absolute Gasteiger partial charge is 0.150 e. The molecule has 12 heavy (non-hydrogen) atoms. The maximum atomic E-state index is 11.3. The predicted octanol–water partition coefficient (Wildman–Crippen LogP) is 1.86. The highest BCUT2D eigenvalue weighted by Crippen LogP contribution is 2.22. The highest BCUT2D eigenvalue weighted by molar-refractivity contribution is 7.91. The minimum Gasteiger partial charge on any atom is -0.229 e. The summed E-state index contributed by atoms with van der Waals surface area (Å²) in [6, 6.07) is 0. The Morgan fingerprint density at radius 1 is 1.00 bits per heavy atom. The van der Waals surface area contributed by atoms with E-state index in [1.807, 2.05) is 0 Å². The molecule has 1 rings (SSSR count). The summed E-state index contributed by atoms with van der Waals surface area (Å²) < 4.78 is 22.6. The third-order valence-corrected chi connectivity index (χ3v) is 4.36. The SMILES string of the molecule is CC1CCS(=O)(=O)CCC(C)C1. The Kier molecular flexibility index (Phi) is 3.16. The molecule has 0 saturated carbocycles. The molecule has 0 bridgehead atoms. The van der Waals surface area contributed by atoms with Crippen molar-refractivity contribution in [3.8, 4) is 0 Å². The molecular formula is C9H18O2S. The molecule has 72 valence electrons. The Bertz CT molecular complexity index is 213. The van der Waals surface area contributed by atoms with Gasteiger partial charge in [-0.15, -0.1) is 0 Å². The van der Waals surface area contributed by atoms with Crippen molar-refractivity contribution in [1.82, 2.24) is 0 Å². The van der Waals surface area contributed by atoms with Crippen LogP contribution >= 0.6 is 0 Å². The summed E-state index contributed by atoms with van der Waals surface area (Å²) in [4.78, 5) is 0. The Hall–Kier alpha value is -0.0500. The molecule has 0 N–H and O–H groups in total. The van der Waals surface area contributed by atoms with Crippen LogP contribution in [0.2, 0.25) is 0 Å². The van der Waals surface area contributed by atoms with E-state index in [0.717, 1.165) is 12.8 Å². The van der Waals surface area contributed by atoms with Crippen LogP contribution in [0.4, 0.5) is 0 Å². The molecule has 2 unspecified atom stereocenters. The van der Waals surface area contributed by atoms with Gasteiger partial charge in [0, 0.05) is 0 Å². The van der Waals surface area contributed by atoms with E-state index in [1.165, 1.54) is 6.42 Å². The molecule has 0 aromatic rings. The first-order chi connectivity index (χ1) is 5.49. The largest absolute Gasteiger partial charge is 0.229 e. The maximum absolute atomic E-state index is 11.3. The zero-order valence-electron chi connectivity index (χ0n) is 7.91. The van der Waals surface area contributed by atoms with Crippen molar-refractivity contribution >= 4 is 9.84 Å². The minimum absolute atomic E-state index is 0.404. The van der Waals surface area contributed by atoms with Crippen molar-refractivity contribution in [2.24, 2.45) is 11.8 Å². The quantitative estimate of drug-likeness (QED) is 0.584. The van der Waals surface area contributed by atoms with Gasteiger partial charge in [-0.1, -0.05) is 13.8 Å². The second-order valence-corrected chi connectivity index (χ2v) is 6.48. The molecule has 0 aromatic carbocycles. The Morgan fingerprint density at radius 3 is 1.83 bits per heavy atom. The lowest BCUT2D eigenvalue weighted by Crippen LogP contribution is -2.20. The molecule has 1 heterocycles. The molecule has 0 aromatic heterocycles. The highest BCUT2D eigenvalue weighted by Gasteiger charge is 2.20. The maximum Gasteiger partial charge on any atom is 0.150 e. The van der Waals surface area contributed by atoms with Crippen LogP contribution in [0.1, 0.15) is 33.1 Å². The van der Waals surface area contributed by atoms with Crippen LogP contribution in [0.3, 0.4) is 0 Å². The van der Waals surface area contributed by atoms with E-state index in [9.17, 15) is 8.42 Å². The molecule has 0 radical (unpaired) electrons. The first kappa shape index (κ1) is 10.0. The first-order valence-corrected chi connectivity index (χ1v) is 6.52. The van der Waals surface area contributed by atoms with E-state index in [1.54, 1.807) is 0 Å². The zero-order chi connectivity index (χ0) is 9.19. The summed E-state index contributed by atoms with van der Waals surface area (Å²) in [6.45, 7) is 4.30. The average Bonchev–Trinajstić information content (AvgIpc) is 1.96. The van der Waals surface area contributed by atoms with Gasteiger partial charge >= 0.3 is 0 Å². The molecule has 2 nitrogen and oxygen atoms in total. The van der Waals surface area contributed by atoms with Gasteiger partial charge in [0.15, 0.2) is 0 Å². The lowest BCUT2D eigenvalue weighted by atomic mass is 9.93. The van der Waals surface area contributed by atoms with Gasteiger partial charge in [-0.2, -0.15) is 0 Å². The van der Waals surface area contributed by atoms with Crippen molar-refractivity contribution in [3.63, 3.8) is 0 Å². The van der Waals surface area contributed by atoms with Crippen LogP contribution in [0.15, 0.2) is 0 Å². The fourth-order valence-electron chi connectivity index (χ4n) is 1.79. The monoisotopic (exact) mass is 190 g/mol. The molecule has 1 saturated heterocycles. The highest BCUT2D eigenvalue weighted by atomic mass is 32.2. The lowest BCUT2D eigenvalue weighted by Gasteiger charge is -2.20. The second-order valence-electron chi connectivity index (χ2n) is 4.18. The normalized spacial score (nSPS) is 36.8. The van der Waals surface area contributed by atoms with Gasteiger partial charge in [-0.3, -0.25) is 0 Å². The van der Waals surface area contributed by atoms with Crippen LogP contribution < -0.4 is 0 Å². The fraction of sp³-hybridized carbons (Fsp3) is 1.00. The molecule has 1 fully saturated rings. The van der Waals surface area contributed by atoms with Crippen molar-refractivity contribution in [2.45, 2.75) is 33.1 Å². The van der Waals surface area contributed by atoms with E-state index >= 15 is 0 Å². The van der Waals surface area contributed by atoms with E-state index < -0.39 is 9.84 Å². The second kappa shape index (κ2) is 3.77. The molecule has 1 aliphatic rings. The summed E-state index contributed by atoms with van der Waals surface area (Å²) in [5.74, 6) is 1.96. The first-order valence-electron chi connectivity index (χ1n) is 4.70. The van der Waals surface area contributed by atoms with Crippen LogP contribution in [-0.4, -0.2) is 19.9 Å². The van der Waals surface area contributed by atoms with Crippen molar-refractivity contribution in [3.05, 3.63) is 0 Å². The molecule has 1 aliphatic heterocycles. The van der Waals surface area contributed by atoms with E-state index in [-0.39, 0.29) is 0 Å². The molecule has 2 atom stereocenters. The summed E-state index contributed by atoms with van der Waals surface area (Å²) in [5, 5.41) is 0. The van der Waals surface area contributed by atoms with Gasteiger partial charge in [0.25, 0.3) is 0 Å². The summed E-state index contributed by atoms with van der Waals surface area (Å²) in [6.07, 6.45) is 2.90. The predicted molar refractivity (Wildman–Crippen MR) is 50.8 cm³/mol.